The van der Waals surface area contributed by atoms with Gasteiger partial charge in [-0.25, -0.2) is 4.79 Å². The number of anilines is 2. The highest BCUT2D eigenvalue weighted by atomic mass is 16.5. The number of piperidine rings is 1. The molecule has 2 aromatic rings. The molecule has 1 saturated heterocycles. The molecule has 0 aliphatic carbocycles. The van der Waals surface area contributed by atoms with Crippen LogP contribution in [0.2, 0.25) is 0 Å². The highest BCUT2D eigenvalue weighted by Crippen LogP contribution is 2.27. The van der Waals surface area contributed by atoms with Crippen molar-refractivity contribution in [2.24, 2.45) is 0 Å². The molecule has 0 bridgehead atoms. The Kier molecular flexibility index (Phi) is 7.44. The topological polar surface area (TPSA) is 72.1 Å². The van der Waals surface area contributed by atoms with Crippen LogP contribution in [0.3, 0.4) is 0 Å². The van der Waals surface area contributed by atoms with E-state index in [1.54, 1.807) is 32.4 Å². The molecule has 156 valence electrons. The lowest BCUT2D eigenvalue weighted by Crippen LogP contribution is -2.32. The molecular formula is C22H29N3O4. The van der Waals surface area contributed by atoms with Crippen LogP contribution in [0.15, 0.2) is 42.5 Å². The number of rotatable bonds is 8. The van der Waals surface area contributed by atoms with Gasteiger partial charge in [0.25, 0.3) is 0 Å². The minimum Gasteiger partial charge on any atom is -0.496 e. The normalized spacial score (nSPS) is 13.5. The Morgan fingerprint density at radius 1 is 0.931 bits per heavy atom. The highest BCUT2D eigenvalue weighted by molar-refractivity contribution is 5.89. The monoisotopic (exact) mass is 399 g/mol. The van der Waals surface area contributed by atoms with Gasteiger partial charge in [-0.3, -0.25) is 0 Å². The number of nitrogens with zero attached hydrogens (tertiary/aromatic N) is 1. The van der Waals surface area contributed by atoms with Crippen molar-refractivity contribution < 1.29 is 19.0 Å². The zero-order valence-corrected chi connectivity index (χ0v) is 17.1. The lowest BCUT2D eigenvalue weighted by atomic mass is 10.1. The first-order valence-corrected chi connectivity index (χ1v) is 9.93. The predicted molar refractivity (Wildman–Crippen MR) is 115 cm³/mol. The lowest BCUT2D eigenvalue weighted by molar-refractivity contribution is 0.247. The van der Waals surface area contributed by atoms with Crippen LogP contribution in [-0.4, -0.2) is 46.5 Å². The number of hydrogen-bond donors (Lipinski definition) is 2. The van der Waals surface area contributed by atoms with E-state index in [0.29, 0.717) is 30.4 Å². The molecule has 1 aliphatic rings. The first kappa shape index (κ1) is 20.6. The van der Waals surface area contributed by atoms with Gasteiger partial charge in [0.15, 0.2) is 0 Å². The maximum Gasteiger partial charge on any atom is 0.319 e. The average molecular weight is 399 g/mol. The van der Waals surface area contributed by atoms with Crippen molar-refractivity contribution in [3.63, 3.8) is 0 Å². The van der Waals surface area contributed by atoms with Gasteiger partial charge in [0.1, 0.15) is 23.9 Å². The number of nitrogens with one attached hydrogen (secondary N) is 2. The van der Waals surface area contributed by atoms with Gasteiger partial charge in [-0.05, 0) is 43.5 Å². The van der Waals surface area contributed by atoms with E-state index in [1.807, 2.05) is 12.1 Å². The predicted octanol–water partition coefficient (Wildman–Crippen LogP) is 3.89. The fourth-order valence-electron chi connectivity index (χ4n) is 3.28. The number of carbonyl (C=O) groups is 1. The molecule has 1 heterocycles. The summed E-state index contributed by atoms with van der Waals surface area (Å²) < 4.78 is 16.1. The fourth-order valence-corrected chi connectivity index (χ4v) is 3.28. The Labute approximate surface area is 171 Å². The summed E-state index contributed by atoms with van der Waals surface area (Å²) in [5.41, 5.74) is 1.97. The molecule has 29 heavy (non-hydrogen) atoms. The zero-order chi connectivity index (χ0) is 20.5. The van der Waals surface area contributed by atoms with Gasteiger partial charge < -0.3 is 29.7 Å². The second-order valence-corrected chi connectivity index (χ2v) is 6.87. The first-order valence-electron chi connectivity index (χ1n) is 9.93. The molecule has 0 atom stereocenters. The SMILES string of the molecule is COc1cc(OC)cc(OCCNC(=O)Nc2ccc(N3CCCCC3)cc2)c1. The maximum atomic E-state index is 12.1. The maximum absolute atomic E-state index is 12.1. The Hall–Kier alpha value is -3.09. The second-order valence-electron chi connectivity index (χ2n) is 6.87. The van der Waals surface area contributed by atoms with Crippen molar-refractivity contribution >= 4 is 17.4 Å². The van der Waals surface area contributed by atoms with Crippen LogP contribution in [0.1, 0.15) is 19.3 Å². The quantitative estimate of drug-likeness (QED) is 0.659. The molecule has 1 fully saturated rings. The Morgan fingerprint density at radius 2 is 1.55 bits per heavy atom. The molecule has 2 amide bonds. The van der Waals surface area contributed by atoms with E-state index in [9.17, 15) is 4.79 Å². The summed E-state index contributed by atoms with van der Waals surface area (Å²) in [6.07, 6.45) is 3.80. The summed E-state index contributed by atoms with van der Waals surface area (Å²) in [4.78, 5) is 14.5. The lowest BCUT2D eigenvalue weighted by Gasteiger charge is -2.28. The number of ether oxygens (including phenoxy) is 3. The molecule has 7 nitrogen and oxygen atoms in total. The third-order valence-corrected chi connectivity index (χ3v) is 4.83. The van der Waals surface area contributed by atoms with E-state index in [1.165, 1.54) is 24.9 Å². The first-order chi connectivity index (χ1) is 14.2. The fraction of sp³-hybridized carbons (Fsp3) is 0.409. The number of hydrogen-bond acceptors (Lipinski definition) is 5. The molecule has 0 unspecified atom stereocenters. The Balaban J connectivity index is 1.41. The largest absolute Gasteiger partial charge is 0.496 e. The van der Waals surface area contributed by atoms with Crippen molar-refractivity contribution in [3.8, 4) is 17.2 Å². The van der Waals surface area contributed by atoms with Gasteiger partial charge in [-0.1, -0.05) is 0 Å². The molecule has 7 heteroatoms. The summed E-state index contributed by atoms with van der Waals surface area (Å²) in [5, 5.41) is 5.63. The number of urea groups is 1. The van der Waals surface area contributed by atoms with Gasteiger partial charge in [-0.2, -0.15) is 0 Å². The third-order valence-electron chi connectivity index (χ3n) is 4.83. The van der Waals surface area contributed by atoms with Gasteiger partial charge >= 0.3 is 6.03 Å². The third kappa shape index (κ3) is 6.20. The van der Waals surface area contributed by atoms with Crippen LogP contribution in [0.5, 0.6) is 17.2 Å². The van der Waals surface area contributed by atoms with E-state index in [-0.39, 0.29) is 6.03 Å². The Morgan fingerprint density at radius 3 is 2.17 bits per heavy atom. The van der Waals surface area contributed by atoms with E-state index in [4.69, 9.17) is 14.2 Å². The number of amides is 2. The number of carbonyl (C=O) groups excluding carboxylic acids is 1. The van der Waals surface area contributed by atoms with E-state index >= 15 is 0 Å². The molecule has 3 rings (SSSR count). The van der Waals surface area contributed by atoms with Crippen LogP contribution in [0, 0.1) is 0 Å². The molecule has 1 aliphatic heterocycles. The standard InChI is InChI=1S/C22H29N3O4/c1-27-19-14-20(28-2)16-21(15-19)29-13-10-23-22(26)24-17-6-8-18(9-7-17)25-11-4-3-5-12-25/h6-9,14-16H,3-5,10-13H2,1-2H3,(H2,23,24,26). The van der Waals surface area contributed by atoms with Gasteiger partial charge in [0, 0.05) is 42.7 Å². The number of benzene rings is 2. The summed E-state index contributed by atoms with van der Waals surface area (Å²) in [5.74, 6) is 1.92. The summed E-state index contributed by atoms with van der Waals surface area (Å²) in [6.45, 7) is 2.91. The van der Waals surface area contributed by atoms with Crippen molar-refractivity contribution in [2.75, 3.05) is 50.7 Å². The minimum atomic E-state index is -0.262. The van der Waals surface area contributed by atoms with Crippen LogP contribution < -0.4 is 29.7 Å². The summed E-state index contributed by atoms with van der Waals surface area (Å²) in [6, 6.07) is 13.0. The second kappa shape index (κ2) is 10.5. The molecule has 2 N–H and O–H groups in total. The molecule has 0 radical (unpaired) electrons. The zero-order valence-electron chi connectivity index (χ0n) is 17.1. The summed E-state index contributed by atoms with van der Waals surface area (Å²) >= 11 is 0. The molecule has 0 spiro atoms. The van der Waals surface area contributed by atoms with Crippen LogP contribution >= 0.6 is 0 Å². The molecule has 0 saturated carbocycles. The van der Waals surface area contributed by atoms with Crippen molar-refractivity contribution in [1.82, 2.24) is 5.32 Å². The average Bonchev–Trinajstić information content (AvgIpc) is 2.77. The van der Waals surface area contributed by atoms with Gasteiger partial charge in [0.2, 0.25) is 0 Å². The van der Waals surface area contributed by atoms with Crippen molar-refractivity contribution in [3.05, 3.63) is 42.5 Å². The Bertz CT molecular complexity index is 767. The summed E-state index contributed by atoms with van der Waals surface area (Å²) in [7, 11) is 3.17. The van der Waals surface area contributed by atoms with Crippen LogP contribution in [0.25, 0.3) is 0 Å². The van der Waals surface area contributed by atoms with Crippen LogP contribution in [-0.2, 0) is 0 Å². The van der Waals surface area contributed by atoms with E-state index < -0.39 is 0 Å². The molecular weight excluding hydrogens is 370 g/mol. The molecule has 2 aromatic carbocycles. The van der Waals surface area contributed by atoms with Crippen molar-refractivity contribution in [1.29, 1.82) is 0 Å². The van der Waals surface area contributed by atoms with E-state index in [0.717, 1.165) is 18.8 Å². The molecule has 0 aromatic heterocycles. The van der Waals surface area contributed by atoms with E-state index in [2.05, 4.69) is 27.7 Å². The smallest absolute Gasteiger partial charge is 0.319 e. The minimum absolute atomic E-state index is 0.262. The highest BCUT2D eigenvalue weighted by Gasteiger charge is 2.11. The van der Waals surface area contributed by atoms with Crippen molar-refractivity contribution in [2.45, 2.75) is 19.3 Å². The number of methoxy groups -OCH3 is 2. The van der Waals surface area contributed by atoms with Gasteiger partial charge in [-0.15, -0.1) is 0 Å². The van der Waals surface area contributed by atoms with Gasteiger partial charge in [0.05, 0.1) is 20.8 Å². The van der Waals surface area contributed by atoms with Crippen LogP contribution in [0.4, 0.5) is 16.2 Å².